The summed E-state index contributed by atoms with van der Waals surface area (Å²) in [5.41, 5.74) is 1.38. The van der Waals surface area contributed by atoms with Crippen LogP contribution in [0.2, 0.25) is 0 Å². The minimum Gasteiger partial charge on any atom is -0.354 e. The Morgan fingerprint density at radius 3 is 2.45 bits per heavy atom. The molecule has 0 aromatic heterocycles. The van der Waals surface area contributed by atoms with Crippen LogP contribution in [0.4, 0.5) is 4.79 Å². The van der Waals surface area contributed by atoms with Gasteiger partial charge < -0.3 is 10.6 Å². The van der Waals surface area contributed by atoms with Crippen LogP contribution in [0.25, 0.3) is 0 Å². The maximum absolute atomic E-state index is 12.4. The van der Waals surface area contributed by atoms with Crippen LogP contribution in [0.1, 0.15) is 25.0 Å². The molecular weight excluding hydrogens is 282 g/mol. The summed E-state index contributed by atoms with van der Waals surface area (Å²) >= 11 is 0. The molecule has 6 heteroatoms. The molecule has 0 unspecified atom stereocenters. The number of hydrogen-bond donors (Lipinski definition) is 2. The van der Waals surface area contributed by atoms with E-state index in [0.29, 0.717) is 0 Å². The standard InChI is InChI=1S/C16H21N3O3/c1-11-4-6-12(7-5-11)16(2,3)14(21)17-8-9-19-13(20)10-18-15(19)22/h4-7H,8-10H2,1-3H3,(H,17,21)(H,18,22). The molecule has 1 aliphatic heterocycles. The lowest BCUT2D eigenvalue weighted by molar-refractivity contribution is -0.127. The van der Waals surface area contributed by atoms with Crippen molar-refractivity contribution < 1.29 is 14.4 Å². The first-order chi connectivity index (χ1) is 10.3. The van der Waals surface area contributed by atoms with E-state index in [2.05, 4.69) is 10.6 Å². The minimum atomic E-state index is -0.676. The molecule has 2 rings (SSSR count). The van der Waals surface area contributed by atoms with E-state index in [0.717, 1.165) is 16.0 Å². The number of hydrogen-bond acceptors (Lipinski definition) is 3. The lowest BCUT2D eigenvalue weighted by Gasteiger charge is -2.25. The SMILES string of the molecule is Cc1ccc(C(C)(C)C(=O)NCCN2C(=O)CNC2=O)cc1. The molecule has 1 heterocycles. The highest BCUT2D eigenvalue weighted by atomic mass is 16.2. The largest absolute Gasteiger partial charge is 0.354 e. The van der Waals surface area contributed by atoms with Crippen LogP contribution in [0.15, 0.2) is 24.3 Å². The molecule has 1 saturated heterocycles. The molecule has 1 aliphatic rings. The van der Waals surface area contributed by atoms with Crippen molar-refractivity contribution in [3.05, 3.63) is 35.4 Å². The summed E-state index contributed by atoms with van der Waals surface area (Å²) in [5.74, 6) is -0.402. The molecule has 22 heavy (non-hydrogen) atoms. The van der Waals surface area contributed by atoms with Crippen LogP contribution in [0.5, 0.6) is 0 Å². The molecule has 0 atom stereocenters. The third-order valence-electron chi connectivity index (χ3n) is 3.90. The zero-order valence-corrected chi connectivity index (χ0v) is 13.1. The third-order valence-corrected chi connectivity index (χ3v) is 3.90. The van der Waals surface area contributed by atoms with Gasteiger partial charge in [0.25, 0.3) is 0 Å². The van der Waals surface area contributed by atoms with Crippen molar-refractivity contribution in [3.63, 3.8) is 0 Å². The van der Waals surface area contributed by atoms with E-state index < -0.39 is 11.4 Å². The van der Waals surface area contributed by atoms with Gasteiger partial charge >= 0.3 is 6.03 Å². The van der Waals surface area contributed by atoms with Gasteiger partial charge in [-0.2, -0.15) is 0 Å². The Labute approximate surface area is 129 Å². The van der Waals surface area contributed by atoms with Crippen LogP contribution in [-0.4, -0.2) is 42.4 Å². The minimum absolute atomic E-state index is 0.0294. The summed E-state index contributed by atoms with van der Waals surface area (Å²) < 4.78 is 0. The van der Waals surface area contributed by atoms with Gasteiger partial charge in [-0.05, 0) is 26.3 Å². The third kappa shape index (κ3) is 3.27. The number of carbonyl (C=O) groups is 3. The Balaban J connectivity index is 1.92. The van der Waals surface area contributed by atoms with Crippen molar-refractivity contribution in [1.29, 1.82) is 0 Å². The van der Waals surface area contributed by atoms with E-state index in [-0.39, 0.29) is 31.4 Å². The Hall–Kier alpha value is -2.37. The van der Waals surface area contributed by atoms with E-state index in [1.54, 1.807) is 0 Å². The molecule has 0 aliphatic carbocycles. The average Bonchev–Trinajstić information content (AvgIpc) is 2.79. The second-order valence-electron chi connectivity index (χ2n) is 5.95. The van der Waals surface area contributed by atoms with Crippen LogP contribution in [0, 0.1) is 6.92 Å². The van der Waals surface area contributed by atoms with Crippen LogP contribution in [-0.2, 0) is 15.0 Å². The molecule has 6 nitrogen and oxygen atoms in total. The molecule has 118 valence electrons. The van der Waals surface area contributed by atoms with Crippen molar-refractivity contribution in [3.8, 4) is 0 Å². The molecule has 2 N–H and O–H groups in total. The maximum Gasteiger partial charge on any atom is 0.324 e. The first-order valence-corrected chi connectivity index (χ1v) is 7.26. The molecular formula is C16H21N3O3. The summed E-state index contributed by atoms with van der Waals surface area (Å²) in [6, 6.07) is 7.41. The van der Waals surface area contributed by atoms with Gasteiger partial charge in [0.05, 0.1) is 12.0 Å². The zero-order chi connectivity index (χ0) is 16.3. The quantitative estimate of drug-likeness (QED) is 0.795. The predicted molar refractivity (Wildman–Crippen MR) is 82.3 cm³/mol. The number of amides is 4. The van der Waals surface area contributed by atoms with Crippen LogP contribution >= 0.6 is 0 Å². The number of benzene rings is 1. The Morgan fingerprint density at radius 2 is 1.91 bits per heavy atom. The van der Waals surface area contributed by atoms with Gasteiger partial charge in [-0.3, -0.25) is 14.5 Å². The smallest absolute Gasteiger partial charge is 0.324 e. The van der Waals surface area contributed by atoms with Gasteiger partial charge in [-0.1, -0.05) is 29.8 Å². The van der Waals surface area contributed by atoms with Crippen molar-refractivity contribution >= 4 is 17.8 Å². The molecule has 0 spiro atoms. The molecule has 0 radical (unpaired) electrons. The highest BCUT2D eigenvalue weighted by Gasteiger charge is 2.31. The molecule has 4 amide bonds. The first kappa shape index (κ1) is 16.0. The van der Waals surface area contributed by atoms with E-state index in [4.69, 9.17) is 0 Å². The number of nitrogens with zero attached hydrogens (tertiary/aromatic N) is 1. The number of rotatable bonds is 5. The molecule has 0 saturated carbocycles. The lowest BCUT2D eigenvalue weighted by atomic mass is 9.83. The van der Waals surface area contributed by atoms with Crippen LogP contribution in [0.3, 0.4) is 0 Å². The monoisotopic (exact) mass is 303 g/mol. The number of carbonyl (C=O) groups excluding carboxylic acids is 3. The molecule has 1 fully saturated rings. The molecule has 1 aromatic carbocycles. The van der Waals surface area contributed by atoms with Crippen molar-refractivity contribution in [2.45, 2.75) is 26.2 Å². The number of nitrogens with one attached hydrogen (secondary N) is 2. The zero-order valence-electron chi connectivity index (χ0n) is 13.1. The second kappa shape index (κ2) is 6.17. The highest BCUT2D eigenvalue weighted by molar-refractivity contribution is 6.02. The van der Waals surface area contributed by atoms with Gasteiger partial charge in [0.15, 0.2) is 0 Å². The summed E-state index contributed by atoms with van der Waals surface area (Å²) in [6.45, 7) is 6.14. The summed E-state index contributed by atoms with van der Waals surface area (Å²) in [5, 5.41) is 5.23. The Morgan fingerprint density at radius 1 is 1.27 bits per heavy atom. The topological polar surface area (TPSA) is 78.5 Å². The maximum atomic E-state index is 12.4. The lowest BCUT2D eigenvalue weighted by Crippen LogP contribution is -2.44. The molecule has 0 bridgehead atoms. The molecule has 1 aromatic rings. The number of imide groups is 1. The summed E-state index contributed by atoms with van der Waals surface area (Å²) in [6.07, 6.45) is 0. The summed E-state index contributed by atoms with van der Waals surface area (Å²) in [4.78, 5) is 36.3. The average molecular weight is 303 g/mol. The van der Waals surface area contributed by atoms with Crippen molar-refractivity contribution in [2.75, 3.05) is 19.6 Å². The van der Waals surface area contributed by atoms with E-state index in [1.807, 2.05) is 45.0 Å². The van der Waals surface area contributed by atoms with E-state index >= 15 is 0 Å². The highest BCUT2D eigenvalue weighted by Crippen LogP contribution is 2.23. The van der Waals surface area contributed by atoms with Crippen molar-refractivity contribution in [1.82, 2.24) is 15.5 Å². The number of aryl methyl sites for hydroxylation is 1. The van der Waals surface area contributed by atoms with Crippen molar-refractivity contribution in [2.24, 2.45) is 0 Å². The Kier molecular flexibility index (Phi) is 4.49. The summed E-state index contributed by atoms with van der Waals surface area (Å²) in [7, 11) is 0. The van der Waals surface area contributed by atoms with Gasteiger partial charge in [0.1, 0.15) is 0 Å². The fourth-order valence-electron chi connectivity index (χ4n) is 2.29. The van der Waals surface area contributed by atoms with E-state index in [1.165, 1.54) is 0 Å². The predicted octanol–water partition coefficient (Wildman–Crippen LogP) is 0.941. The Bertz CT molecular complexity index is 577. The van der Waals surface area contributed by atoms with E-state index in [9.17, 15) is 14.4 Å². The normalized spacial score (nSPS) is 15.0. The number of urea groups is 1. The van der Waals surface area contributed by atoms with Gasteiger partial charge in [0, 0.05) is 13.1 Å². The van der Waals surface area contributed by atoms with Crippen LogP contribution < -0.4 is 10.6 Å². The van der Waals surface area contributed by atoms with Gasteiger partial charge in [-0.15, -0.1) is 0 Å². The van der Waals surface area contributed by atoms with Gasteiger partial charge in [-0.25, -0.2) is 4.79 Å². The second-order valence-corrected chi connectivity index (χ2v) is 5.95. The fourth-order valence-corrected chi connectivity index (χ4v) is 2.29. The first-order valence-electron chi connectivity index (χ1n) is 7.26. The van der Waals surface area contributed by atoms with Gasteiger partial charge in [0.2, 0.25) is 11.8 Å². The fraction of sp³-hybridized carbons (Fsp3) is 0.438.